The van der Waals surface area contributed by atoms with Gasteiger partial charge in [-0.05, 0) is 73.3 Å². The molecule has 0 aromatic heterocycles. The van der Waals surface area contributed by atoms with Gasteiger partial charge >= 0.3 is 0 Å². The van der Waals surface area contributed by atoms with E-state index in [4.69, 9.17) is 0 Å². The van der Waals surface area contributed by atoms with Crippen molar-refractivity contribution in [1.29, 1.82) is 0 Å². The van der Waals surface area contributed by atoms with Gasteiger partial charge in [0.05, 0.1) is 0 Å². The van der Waals surface area contributed by atoms with Crippen LogP contribution in [0.5, 0.6) is 0 Å². The Morgan fingerprint density at radius 3 is 2.28 bits per heavy atom. The van der Waals surface area contributed by atoms with Gasteiger partial charge in [0.25, 0.3) is 0 Å². The number of likely N-dealkylation sites (tertiary alicyclic amines) is 1. The largest absolute Gasteiger partial charge is 0.312 e. The second-order valence-corrected chi connectivity index (χ2v) is 6.65. The maximum Gasteiger partial charge on any atom is 0.0271 e. The maximum atomic E-state index is 3.75. The van der Waals surface area contributed by atoms with Crippen LogP contribution in [0.1, 0.15) is 40.5 Å². The highest BCUT2D eigenvalue weighted by Gasteiger charge is 2.26. The zero-order valence-corrected chi connectivity index (χ0v) is 13.3. The van der Waals surface area contributed by atoms with Gasteiger partial charge < -0.3 is 15.1 Å². The van der Waals surface area contributed by atoms with Gasteiger partial charge in [0, 0.05) is 18.1 Å². The summed E-state index contributed by atoms with van der Waals surface area (Å²) >= 11 is 0. The highest BCUT2D eigenvalue weighted by molar-refractivity contribution is 4.84. The molecule has 3 heteroatoms. The lowest BCUT2D eigenvalue weighted by Gasteiger charge is -2.38. The van der Waals surface area contributed by atoms with E-state index in [0.717, 1.165) is 12.5 Å². The highest BCUT2D eigenvalue weighted by Crippen LogP contribution is 2.21. The summed E-state index contributed by atoms with van der Waals surface area (Å²) in [6.45, 7) is 14.1. The smallest absolute Gasteiger partial charge is 0.0271 e. The van der Waals surface area contributed by atoms with Crippen molar-refractivity contribution in [1.82, 2.24) is 15.1 Å². The summed E-state index contributed by atoms with van der Waals surface area (Å²) in [5.41, 5.74) is 0.235. The van der Waals surface area contributed by atoms with Crippen LogP contribution in [0, 0.1) is 5.92 Å². The SMILES string of the molecule is CCN1CCC(C(C)NCC(C)(C)N(C)C)CC1. The van der Waals surface area contributed by atoms with Gasteiger partial charge in [-0.2, -0.15) is 0 Å². The average Bonchev–Trinajstić information content (AvgIpc) is 2.36. The van der Waals surface area contributed by atoms with Crippen molar-refractivity contribution < 1.29 is 0 Å². The molecule has 18 heavy (non-hydrogen) atoms. The van der Waals surface area contributed by atoms with Crippen molar-refractivity contribution in [2.24, 2.45) is 5.92 Å². The molecule has 0 aliphatic carbocycles. The van der Waals surface area contributed by atoms with Gasteiger partial charge in [0.15, 0.2) is 0 Å². The van der Waals surface area contributed by atoms with Crippen molar-refractivity contribution in [2.45, 2.75) is 52.1 Å². The zero-order chi connectivity index (χ0) is 13.8. The molecular weight excluding hydrogens is 222 g/mol. The van der Waals surface area contributed by atoms with Crippen LogP contribution < -0.4 is 5.32 Å². The molecule has 0 aromatic rings. The van der Waals surface area contributed by atoms with Crippen LogP contribution in [0.4, 0.5) is 0 Å². The van der Waals surface area contributed by atoms with Crippen molar-refractivity contribution in [3.63, 3.8) is 0 Å². The standard InChI is InChI=1S/C15H33N3/c1-7-18-10-8-14(9-11-18)13(2)16-12-15(3,4)17(5)6/h13-14,16H,7-12H2,1-6H3. The Kier molecular flexibility index (Phi) is 6.09. The fraction of sp³-hybridized carbons (Fsp3) is 1.00. The first kappa shape index (κ1) is 15.9. The first-order chi connectivity index (χ1) is 8.36. The number of hydrogen-bond acceptors (Lipinski definition) is 3. The van der Waals surface area contributed by atoms with Crippen molar-refractivity contribution >= 4 is 0 Å². The van der Waals surface area contributed by atoms with Crippen LogP contribution in [0.3, 0.4) is 0 Å². The van der Waals surface area contributed by atoms with Gasteiger partial charge in [0.1, 0.15) is 0 Å². The van der Waals surface area contributed by atoms with Crippen LogP contribution in [-0.4, -0.2) is 61.7 Å². The second-order valence-electron chi connectivity index (χ2n) is 6.65. The number of rotatable bonds is 6. The third-order valence-electron chi connectivity index (χ3n) is 4.85. The molecule has 0 saturated carbocycles. The van der Waals surface area contributed by atoms with E-state index in [1.54, 1.807) is 0 Å². The maximum absolute atomic E-state index is 3.75. The van der Waals surface area contributed by atoms with Gasteiger partial charge in [-0.3, -0.25) is 0 Å². The number of nitrogens with one attached hydrogen (secondary N) is 1. The predicted octanol–water partition coefficient (Wildman–Crippen LogP) is 2.04. The minimum absolute atomic E-state index is 0.235. The van der Waals surface area contributed by atoms with E-state index >= 15 is 0 Å². The van der Waals surface area contributed by atoms with E-state index in [1.165, 1.54) is 32.5 Å². The van der Waals surface area contributed by atoms with E-state index in [2.05, 4.69) is 56.9 Å². The Balaban J connectivity index is 2.31. The second kappa shape index (κ2) is 6.88. The summed E-state index contributed by atoms with van der Waals surface area (Å²) in [5, 5.41) is 3.75. The van der Waals surface area contributed by atoms with Crippen molar-refractivity contribution in [3.05, 3.63) is 0 Å². The molecule has 1 aliphatic heterocycles. The van der Waals surface area contributed by atoms with E-state index in [9.17, 15) is 0 Å². The van der Waals surface area contributed by atoms with Crippen molar-refractivity contribution in [2.75, 3.05) is 40.3 Å². The van der Waals surface area contributed by atoms with E-state index < -0.39 is 0 Å². The summed E-state index contributed by atoms with van der Waals surface area (Å²) in [6, 6.07) is 0.642. The number of likely N-dealkylation sites (N-methyl/N-ethyl adjacent to an activating group) is 1. The Morgan fingerprint density at radius 1 is 1.28 bits per heavy atom. The molecule has 1 rings (SSSR count). The summed E-state index contributed by atoms with van der Waals surface area (Å²) in [6.07, 6.45) is 2.70. The Labute approximate surface area is 114 Å². The minimum atomic E-state index is 0.235. The Bertz CT molecular complexity index is 230. The van der Waals surface area contributed by atoms with Crippen LogP contribution >= 0.6 is 0 Å². The van der Waals surface area contributed by atoms with Crippen LogP contribution in [0.2, 0.25) is 0 Å². The molecule has 3 nitrogen and oxygen atoms in total. The van der Waals surface area contributed by atoms with Crippen LogP contribution in [-0.2, 0) is 0 Å². The fourth-order valence-electron chi connectivity index (χ4n) is 2.50. The molecule has 0 amide bonds. The van der Waals surface area contributed by atoms with Gasteiger partial charge in [-0.15, -0.1) is 0 Å². The molecule has 1 aliphatic rings. The monoisotopic (exact) mass is 255 g/mol. The topological polar surface area (TPSA) is 18.5 Å². The molecule has 0 aromatic carbocycles. The summed E-state index contributed by atoms with van der Waals surface area (Å²) in [7, 11) is 4.32. The quantitative estimate of drug-likeness (QED) is 0.783. The van der Waals surface area contributed by atoms with Crippen LogP contribution in [0.15, 0.2) is 0 Å². The van der Waals surface area contributed by atoms with E-state index in [1.807, 2.05) is 0 Å². The van der Waals surface area contributed by atoms with Gasteiger partial charge in [-0.25, -0.2) is 0 Å². The number of hydrogen-bond donors (Lipinski definition) is 1. The Morgan fingerprint density at radius 2 is 1.83 bits per heavy atom. The molecule has 0 bridgehead atoms. The molecule has 108 valence electrons. The molecule has 1 N–H and O–H groups in total. The molecule has 1 fully saturated rings. The lowest BCUT2D eigenvalue weighted by atomic mass is 9.89. The lowest BCUT2D eigenvalue weighted by Crippen LogP contribution is -2.51. The molecule has 1 saturated heterocycles. The molecule has 1 unspecified atom stereocenters. The minimum Gasteiger partial charge on any atom is -0.312 e. The third kappa shape index (κ3) is 4.52. The van der Waals surface area contributed by atoms with Crippen molar-refractivity contribution in [3.8, 4) is 0 Å². The molecule has 0 radical (unpaired) electrons. The predicted molar refractivity (Wildman–Crippen MR) is 80.1 cm³/mol. The number of nitrogens with zero attached hydrogens (tertiary/aromatic N) is 2. The summed E-state index contributed by atoms with van der Waals surface area (Å²) in [4.78, 5) is 4.86. The first-order valence-corrected chi connectivity index (χ1v) is 7.50. The lowest BCUT2D eigenvalue weighted by molar-refractivity contribution is 0.147. The van der Waals surface area contributed by atoms with Gasteiger partial charge in [0.2, 0.25) is 0 Å². The third-order valence-corrected chi connectivity index (χ3v) is 4.85. The first-order valence-electron chi connectivity index (χ1n) is 7.50. The van der Waals surface area contributed by atoms with E-state index in [-0.39, 0.29) is 5.54 Å². The molecule has 1 heterocycles. The zero-order valence-electron chi connectivity index (χ0n) is 13.3. The number of piperidine rings is 1. The Hall–Kier alpha value is -0.120. The normalized spacial score (nSPS) is 21.5. The summed E-state index contributed by atoms with van der Waals surface area (Å²) < 4.78 is 0. The van der Waals surface area contributed by atoms with Gasteiger partial charge in [-0.1, -0.05) is 6.92 Å². The average molecular weight is 255 g/mol. The molecular formula is C15H33N3. The molecule has 0 spiro atoms. The van der Waals surface area contributed by atoms with Crippen LogP contribution in [0.25, 0.3) is 0 Å². The molecule has 1 atom stereocenters. The fourth-order valence-corrected chi connectivity index (χ4v) is 2.50. The highest BCUT2D eigenvalue weighted by atomic mass is 15.2. The summed E-state index contributed by atoms with van der Waals surface area (Å²) in [5.74, 6) is 0.853. The van der Waals surface area contributed by atoms with E-state index in [0.29, 0.717) is 6.04 Å².